The average molecular weight is 414 g/mol. The van der Waals surface area contributed by atoms with Crippen LogP contribution in [0.2, 0.25) is 10.0 Å². The summed E-state index contributed by atoms with van der Waals surface area (Å²) in [5, 5.41) is 10.9. The fraction of sp³-hybridized carbons (Fsp3) is 0.250. The van der Waals surface area contributed by atoms with Crippen LogP contribution in [0.5, 0.6) is 5.75 Å². The van der Waals surface area contributed by atoms with Crippen molar-refractivity contribution in [2.45, 2.75) is 18.8 Å². The minimum absolute atomic E-state index is 0.258. The second kappa shape index (κ2) is 9.97. The van der Waals surface area contributed by atoms with Crippen LogP contribution in [0.25, 0.3) is 0 Å². The van der Waals surface area contributed by atoms with E-state index >= 15 is 0 Å². The van der Waals surface area contributed by atoms with E-state index in [0.29, 0.717) is 5.75 Å². The smallest absolute Gasteiger partial charge is 0.115 e. The molecule has 4 heteroatoms. The van der Waals surface area contributed by atoms with E-state index in [0.717, 1.165) is 36.0 Å². The number of halogens is 2. The Balaban J connectivity index is 1.65. The number of phenolic OH excluding ortho intramolecular Hbond substituents is 1. The van der Waals surface area contributed by atoms with Gasteiger partial charge in [0, 0.05) is 22.5 Å². The van der Waals surface area contributed by atoms with Gasteiger partial charge in [-0.3, -0.25) is 0 Å². The summed E-state index contributed by atoms with van der Waals surface area (Å²) in [6.45, 7) is 1.91. The molecule has 0 unspecified atom stereocenters. The molecule has 0 spiro atoms. The van der Waals surface area contributed by atoms with Gasteiger partial charge in [0.1, 0.15) is 5.75 Å². The molecule has 0 atom stereocenters. The van der Waals surface area contributed by atoms with Crippen LogP contribution >= 0.6 is 23.2 Å². The van der Waals surface area contributed by atoms with Crippen molar-refractivity contribution in [1.29, 1.82) is 0 Å². The highest BCUT2D eigenvalue weighted by atomic mass is 35.5. The second-order valence-electron chi connectivity index (χ2n) is 7.19. The molecule has 3 rings (SSSR count). The Morgan fingerprint density at radius 2 is 1.29 bits per heavy atom. The Bertz CT molecular complexity index is 815. The van der Waals surface area contributed by atoms with Crippen molar-refractivity contribution in [2.24, 2.45) is 0 Å². The molecule has 0 amide bonds. The zero-order valence-electron chi connectivity index (χ0n) is 16.0. The molecule has 0 saturated carbocycles. The number of phenols is 1. The van der Waals surface area contributed by atoms with E-state index in [1.54, 1.807) is 12.1 Å². The summed E-state index contributed by atoms with van der Waals surface area (Å²) >= 11 is 12.2. The lowest BCUT2D eigenvalue weighted by Gasteiger charge is -2.25. The number of hydrogen-bond donors (Lipinski definition) is 1. The van der Waals surface area contributed by atoms with Crippen molar-refractivity contribution in [3.8, 4) is 5.75 Å². The number of hydrogen-bond acceptors (Lipinski definition) is 2. The van der Waals surface area contributed by atoms with E-state index in [2.05, 4.69) is 36.2 Å². The quantitative estimate of drug-likeness (QED) is 0.461. The lowest BCUT2D eigenvalue weighted by molar-refractivity contribution is 0.319. The largest absolute Gasteiger partial charge is 0.508 e. The van der Waals surface area contributed by atoms with Gasteiger partial charge in [0.2, 0.25) is 0 Å². The number of nitrogens with zero attached hydrogens (tertiary/aromatic N) is 1. The van der Waals surface area contributed by atoms with Gasteiger partial charge < -0.3 is 10.0 Å². The number of rotatable bonds is 8. The fourth-order valence-electron chi connectivity index (χ4n) is 3.41. The molecule has 0 radical (unpaired) electrons. The molecule has 0 aliphatic heterocycles. The lowest BCUT2D eigenvalue weighted by Crippen LogP contribution is -2.26. The Morgan fingerprint density at radius 3 is 1.79 bits per heavy atom. The van der Waals surface area contributed by atoms with Gasteiger partial charge in [-0.05, 0) is 79.5 Å². The van der Waals surface area contributed by atoms with Crippen LogP contribution in [0.4, 0.5) is 0 Å². The zero-order chi connectivity index (χ0) is 19.9. The maximum atomic E-state index is 9.40. The third kappa shape index (κ3) is 6.00. The van der Waals surface area contributed by atoms with Crippen molar-refractivity contribution >= 4 is 23.2 Å². The summed E-state index contributed by atoms with van der Waals surface area (Å²) in [5.74, 6) is 0.572. The molecular weight excluding hydrogens is 389 g/mol. The second-order valence-corrected chi connectivity index (χ2v) is 8.06. The number of aryl methyl sites for hydroxylation is 1. The van der Waals surface area contributed by atoms with Crippen LogP contribution in [-0.2, 0) is 6.42 Å². The number of benzene rings is 3. The van der Waals surface area contributed by atoms with Gasteiger partial charge in [-0.25, -0.2) is 0 Å². The molecule has 28 heavy (non-hydrogen) atoms. The predicted molar refractivity (Wildman–Crippen MR) is 119 cm³/mol. The number of likely N-dealkylation sites (N-methyl/N-ethyl adjacent to an activating group) is 1. The van der Waals surface area contributed by atoms with E-state index in [-0.39, 0.29) is 5.92 Å². The molecule has 146 valence electrons. The SMILES string of the molecule is CN(CCCc1ccc(O)cc1)CC(c1ccc(Cl)cc1)c1ccc(Cl)cc1. The maximum Gasteiger partial charge on any atom is 0.115 e. The molecule has 0 aliphatic carbocycles. The topological polar surface area (TPSA) is 23.5 Å². The molecule has 0 fully saturated rings. The first-order valence-corrected chi connectivity index (χ1v) is 10.2. The van der Waals surface area contributed by atoms with Crippen LogP contribution in [0.3, 0.4) is 0 Å². The number of aromatic hydroxyl groups is 1. The third-order valence-electron chi connectivity index (χ3n) is 4.98. The minimum atomic E-state index is 0.258. The highest BCUT2D eigenvalue weighted by Crippen LogP contribution is 2.28. The van der Waals surface area contributed by atoms with Crippen LogP contribution in [-0.4, -0.2) is 30.1 Å². The highest BCUT2D eigenvalue weighted by molar-refractivity contribution is 6.30. The van der Waals surface area contributed by atoms with Crippen molar-refractivity contribution in [2.75, 3.05) is 20.1 Å². The standard InChI is InChI=1S/C24H25Cl2NO/c1-27(16-2-3-18-4-14-23(28)15-5-18)17-24(19-6-10-21(25)11-7-19)20-8-12-22(26)13-9-20/h4-15,24,28H,2-3,16-17H2,1H3. The molecule has 1 N–H and O–H groups in total. The molecule has 3 aromatic rings. The Labute approximate surface area is 177 Å². The zero-order valence-corrected chi connectivity index (χ0v) is 17.5. The third-order valence-corrected chi connectivity index (χ3v) is 5.48. The van der Waals surface area contributed by atoms with Crippen molar-refractivity contribution in [3.05, 3.63) is 99.5 Å². The highest BCUT2D eigenvalue weighted by Gasteiger charge is 2.16. The Hall–Kier alpha value is -2.00. The molecule has 0 bridgehead atoms. The molecule has 0 aliphatic rings. The van der Waals surface area contributed by atoms with E-state index in [1.165, 1.54) is 16.7 Å². The summed E-state index contributed by atoms with van der Waals surface area (Å²) in [6.07, 6.45) is 2.06. The Morgan fingerprint density at radius 1 is 0.786 bits per heavy atom. The van der Waals surface area contributed by atoms with Gasteiger partial charge in [0.25, 0.3) is 0 Å². The van der Waals surface area contributed by atoms with Crippen molar-refractivity contribution < 1.29 is 5.11 Å². The Kier molecular flexibility index (Phi) is 7.38. The van der Waals surface area contributed by atoms with Gasteiger partial charge in [0.05, 0.1) is 0 Å². The van der Waals surface area contributed by atoms with Crippen LogP contribution in [0, 0.1) is 0 Å². The van der Waals surface area contributed by atoms with Gasteiger partial charge in [-0.15, -0.1) is 0 Å². The first-order chi connectivity index (χ1) is 13.5. The van der Waals surface area contributed by atoms with Gasteiger partial charge in [-0.2, -0.15) is 0 Å². The van der Waals surface area contributed by atoms with Gasteiger partial charge in [0.15, 0.2) is 0 Å². The van der Waals surface area contributed by atoms with E-state index in [4.69, 9.17) is 23.2 Å². The fourth-order valence-corrected chi connectivity index (χ4v) is 3.66. The first-order valence-electron chi connectivity index (χ1n) is 9.48. The summed E-state index contributed by atoms with van der Waals surface area (Å²) in [5.41, 5.74) is 3.74. The maximum absolute atomic E-state index is 9.40. The summed E-state index contributed by atoms with van der Waals surface area (Å²) in [7, 11) is 2.16. The first kappa shape index (κ1) is 20.7. The molecule has 3 aromatic carbocycles. The normalized spacial score (nSPS) is 11.3. The molecular formula is C24H25Cl2NO. The van der Waals surface area contributed by atoms with Gasteiger partial charge >= 0.3 is 0 Å². The molecule has 0 heterocycles. The minimum Gasteiger partial charge on any atom is -0.508 e. The van der Waals surface area contributed by atoms with Crippen molar-refractivity contribution in [1.82, 2.24) is 4.90 Å². The van der Waals surface area contributed by atoms with Gasteiger partial charge in [-0.1, -0.05) is 59.6 Å². The predicted octanol–water partition coefficient (Wildman–Crippen LogP) is 6.40. The van der Waals surface area contributed by atoms with Crippen molar-refractivity contribution in [3.63, 3.8) is 0 Å². The molecule has 2 nitrogen and oxygen atoms in total. The summed E-state index contributed by atoms with van der Waals surface area (Å²) < 4.78 is 0. The summed E-state index contributed by atoms with van der Waals surface area (Å²) in [6, 6.07) is 23.7. The lowest BCUT2D eigenvalue weighted by atomic mass is 9.91. The van der Waals surface area contributed by atoms with E-state index in [1.807, 2.05) is 36.4 Å². The summed E-state index contributed by atoms with van der Waals surface area (Å²) in [4.78, 5) is 2.37. The average Bonchev–Trinajstić information content (AvgIpc) is 2.69. The molecule has 0 saturated heterocycles. The monoisotopic (exact) mass is 413 g/mol. The van der Waals surface area contributed by atoms with E-state index < -0.39 is 0 Å². The van der Waals surface area contributed by atoms with Crippen LogP contribution in [0.15, 0.2) is 72.8 Å². The molecule has 0 aromatic heterocycles. The van der Waals surface area contributed by atoms with E-state index in [9.17, 15) is 5.11 Å². The van der Waals surface area contributed by atoms with Crippen LogP contribution in [0.1, 0.15) is 29.0 Å². The van der Waals surface area contributed by atoms with Crippen LogP contribution < -0.4 is 0 Å².